The average molecular weight is 531 g/mol. The third-order valence-corrected chi connectivity index (χ3v) is 14.6. The molecule has 0 N–H and O–H groups in total. The van der Waals surface area contributed by atoms with Gasteiger partial charge in [0.1, 0.15) is 0 Å². The molecule has 0 aromatic heterocycles. The molecule has 0 heterocycles. The Bertz CT molecular complexity index is 876. The Morgan fingerprint density at radius 3 is 2.08 bits per heavy atom. The van der Waals surface area contributed by atoms with E-state index in [1.54, 1.807) is 57.8 Å². The fourth-order valence-electron chi connectivity index (χ4n) is 12.9. The molecule has 0 spiro atoms. The Kier molecular flexibility index (Phi) is 8.88. The first-order valence-corrected chi connectivity index (χ1v) is 17.9. The maximum Gasteiger partial charge on any atom is -0.0200 e. The smallest absolute Gasteiger partial charge is 0.0200 e. The predicted molar refractivity (Wildman–Crippen MR) is 168 cm³/mol. The lowest BCUT2D eigenvalue weighted by atomic mass is 9.65. The van der Waals surface area contributed by atoms with Gasteiger partial charge in [-0.15, -0.1) is 6.58 Å². The molecule has 39 heavy (non-hydrogen) atoms. The summed E-state index contributed by atoms with van der Waals surface area (Å²) in [5.74, 6) is 15.3. The summed E-state index contributed by atoms with van der Waals surface area (Å²) < 4.78 is 0. The molecule has 0 aromatic carbocycles. The fourth-order valence-corrected chi connectivity index (χ4v) is 12.9. The SMILES string of the molecule is C=CCCC1CC2CC1C(C)C2CCC1C(CCC2C(C)C3CC(C=CCC)C2C3)C2CC(CC=CC)C1C2. The molecule has 6 fully saturated rings. The molecule has 15 atom stereocenters. The molecule has 6 aliphatic rings. The van der Waals surface area contributed by atoms with Crippen LogP contribution in [0.3, 0.4) is 0 Å². The molecule has 15 unspecified atom stereocenters. The minimum atomic E-state index is 0.909. The van der Waals surface area contributed by atoms with Gasteiger partial charge in [-0.05, 0) is 186 Å². The highest BCUT2D eigenvalue weighted by molar-refractivity contribution is 5.08. The molecule has 0 aromatic rings. The first kappa shape index (κ1) is 28.3. The molecule has 0 saturated heterocycles. The molecular weight excluding hydrogens is 468 g/mol. The van der Waals surface area contributed by atoms with E-state index in [4.69, 9.17) is 0 Å². The van der Waals surface area contributed by atoms with Crippen LogP contribution in [0.1, 0.15) is 118 Å². The molecule has 0 amide bonds. The standard InChI is InChI=1S/C39H62/c1-6-9-12-27-20-31-23-37(27)26(5)33(31)15-18-36-35(32-21-29(14-11-8-3)39(36)24-32)17-16-34-25(4)30-19-28(13-10-7-2)38(34)22-30/h6,8,10-11,13,25-39H,1,7,9,12,14-24H2,2-5H3. The first-order valence-electron chi connectivity index (χ1n) is 17.9. The van der Waals surface area contributed by atoms with Crippen molar-refractivity contribution in [1.82, 2.24) is 0 Å². The lowest BCUT2D eigenvalue weighted by molar-refractivity contribution is 0.0986. The number of fused-ring (bicyclic) bond motifs is 6. The number of allylic oxidation sites excluding steroid dienone is 5. The number of hydrogen-bond donors (Lipinski definition) is 0. The maximum atomic E-state index is 4.01. The number of rotatable bonds is 13. The molecular formula is C39H62. The second-order valence-corrected chi connectivity index (χ2v) is 15.9. The molecule has 0 radical (unpaired) electrons. The van der Waals surface area contributed by atoms with Gasteiger partial charge in [0.05, 0.1) is 0 Å². The van der Waals surface area contributed by atoms with Crippen molar-refractivity contribution in [3.05, 3.63) is 37.0 Å². The highest BCUT2D eigenvalue weighted by atomic mass is 14.6. The third kappa shape index (κ3) is 5.31. The van der Waals surface area contributed by atoms with Crippen molar-refractivity contribution in [2.45, 2.75) is 118 Å². The first-order chi connectivity index (χ1) is 19.0. The number of hydrogen-bond acceptors (Lipinski definition) is 0. The second kappa shape index (κ2) is 12.2. The summed E-state index contributed by atoms with van der Waals surface area (Å²) in [5.41, 5.74) is 0. The van der Waals surface area contributed by atoms with E-state index in [-0.39, 0.29) is 0 Å². The summed E-state index contributed by atoms with van der Waals surface area (Å²) in [6, 6.07) is 0. The van der Waals surface area contributed by atoms with Crippen molar-refractivity contribution < 1.29 is 0 Å². The fraction of sp³-hybridized carbons (Fsp3) is 0.846. The highest BCUT2D eigenvalue weighted by Crippen LogP contribution is 2.63. The van der Waals surface area contributed by atoms with Gasteiger partial charge >= 0.3 is 0 Å². The van der Waals surface area contributed by atoms with Crippen LogP contribution in [0.25, 0.3) is 0 Å². The normalized spacial score (nSPS) is 49.9. The van der Waals surface area contributed by atoms with Crippen molar-refractivity contribution in [1.29, 1.82) is 0 Å². The minimum Gasteiger partial charge on any atom is -0.103 e. The zero-order chi connectivity index (χ0) is 27.1. The Morgan fingerprint density at radius 2 is 1.33 bits per heavy atom. The van der Waals surface area contributed by atoms with E-state index in [9.17, 15) is 0 Å². The molecule has 218 valence electrons. The van der Waals surface area contributed by atoms with E-state index in [1.807, 2.05) is 0 Å². The van der Waals surface area contributed by atoms with Gasteiger partial charge in [-0.2, -0.15) is 0 Å². The topological polar surface area (TPSA) is 0 Å². The van der Waals surface area contributed by atoms with Gasteiger partial charge in [-0.25, -0.2) is 0 Å². The van der Waals surface area contributed by atoms with Crippen LogP contribution in [-0.2, 0) is 0 Å². The lowest BCUT2D eigenvalue weighted by Crippen LogP contribution is -2.32. The Morgan fingerprint density at radius 1 is 0.641 bits per heavy atom. The molecule has 0 nitrogen and oxygen atoms in total. The van der Waals surface area contributed by atoms with Crippen molar-refractivity contribution in [2.75, 3.05) is 0 Å². The van der Waals surface area contributed by atoms with E-state index in [0.717, 1.165) is 88.8 Å². The van der Waals surface area contributed by atoms with Crippen molar-refractivity contribution in [3.63, 3.8) is 0 Å². The molecule has 0 aliphatic heterocycles. The molecule has 6 saturated carbocycles. The van der Waals surface area contributed by atoms with Crippen LogP contribution in [0.4, 0.5) is 0 Å². The van der Waals surface area contributed by atoms with E-state index in [0.29, 0.717) is 0 Å². The average Bonchev–Trinajstić information content (AvgIpc) is 3.77. The zero-order valence-corrected chi connectivity index (χ0v) is 26.2. The minimum absolute atomic E-state index is 0.909. The van der Waals surface area contributed by atoms with Crippen LogP contribution in [-0.4, -0.2) is 0 Å². The highest BCUT2D eigenvalue weighted by Gasteiger charge is 2.55. The second-order valence-electron chi connectivity index (χ2n) is 15.9. The van der Waals surface area contributed by atoms with Crippen LogP contribution >= 0.6 is 0 Å². The van der Waals surface area contributed by atoms with Crippen LogP contribution in [0.5, 0.6) is 0 Å². The lowest BCUT2D eigenvalue weighted by Gasteiger charge is -2.40. The van der Waals surface area contributed by atoms with Gasteiger partial charge in [-0.3, -0.25) is 0 Å². The van der Waals surface area contributed by atoms with Gasteiger partial charge < -0.3 is 0 Å². The van der Waals surface area contributed by atoms with Crippen LogP contribution in [0.2, 0.25) is 0 Å². The van der Waals surface area contributed by atoms with Gasteiger partial charge in [-0.1, -0.05) is 51.2 Å². The molecule has 6 rings (SSSR count). The van der Waals surface area contributed by atoms with Gasteiger partial charge in [0.15, 0.2) is 0 Å². The van der Waals surface area contributed by atoms with Gasteiger partial charge in [0.25, 0.3) is 0 Å². The molecule has 6 bridgehead atoms. The van der Waals surface area contributed by atoms with Crippen molar-refractivity contribution in [2.24, 2.45) is 88.8 Å². The summed E-state index contributed by atoms with van der Waals surface area (Å²) in [6.45, 7) is 13.8. The van der Waals surface area contributed by atoms with E-state index in [2.05, 4.69) is 64.7 Å². The summed E-state index contributed by atoms with van der Waals surface area (Å²) in [5, 5.41) is 0. The molecule has 6 aliphatic carbocycles. The van der Waals surface area contributed by atoms with Gasteiger partial charge in [0, 0.05) is 0 Å². The summed E-state index contributed by atoms with van der Waals surface area (Å²) in [4.78, 5) is 0. The van der Waals surface area contributed by atoms with E-state index in [1.165, 1.54) is 32.1 Å². The summed E-state index contributed by atoms with van der Waals surface area (Å²) >= 11 is 0. The quantitative estimate of drug-likeness (QED) is 0.208. The Hall–Kier alpha value is -0.780. The molecule has 0 heteroatoms. The predicted octanol–water partition coefficient (Wildman–Crippen LogP) is 11.2. The third-order valence-electron chi connectivity index (χ3n) is 14.6. The van der Waals surface area contributed by atoms with Crippen LogP contribution in [0.15, 0.2) is 37.0 Å². The summed E-state index contributed by atoms with van der Waals surface area (Å²) in [6.07, 6.45) is 32.9. The monoisotopic (exact) mass is 530 g/mol. The Labute approximate surface area is 243 Å². The maximum absolute atomic E-state index is 4.01. The van der Waals surface area contributed by atoms with E-state index < -0.39 is 0 Å². The van der Waals surface area contributed by atoms with Gasteiger partial charge in [0.2, 0.25) is 0 Å². The van der Waals surface area contributed by atoms with Crippen LogP contribution < -0.4 is 0 Å². The Balaban J connectivity index is 1.09. The summed E-state index contributed by atoms with van der Waals surface area (Å²) in [7, 11) is 0. The zero-order valence-electron chi connectivity index (χ0n) is 26.2. The van der Waals surface area contributed by atoms with Crippen LogP contribution in [0, 0.1) is 88.8 Å². The van der Waals surface area contributed by atoms with Crippen molar-refractivity contribution in [3.8, 4) is 0 Å². The largest absolute Gasteiger partial charge is 0.103 e. The van der Waals surface area contributed by atoms with Crippen molar-refractivity contribution >= 4 is 0 Å². The van der Waals surface area contributed by atoms with E-state index >= 15 is 0 Å².